The molecule has 1 aromatic carbocycles. The van der Waals surface area contributed by atoms with Gasteiger partial charge in [0, 0.05) is 60.5 Å². The van der Waals surface area contributed by atoms with Gasteiger partial charge in [0.25, 0.3) is 5.91 Å². The highest BCUT2D eigenvalue weighted by molar-refractivity contribution is 5.96. The molecule has 0 bridgehead atoms. The molecule has 1 aliphatic carbocycles. The first-order valence-corrected chi connectivity index (χ1v) is 12.7. The monoisotopic (exact) mass is 519 g/mol. The fourth-order valence-corrected chi connectivity index (χ4v) is 4.72. The highest BCUT2D eigenvalue weighted by atomic mass is 16.2. The van der Waals surface area contributed by atoms with Crippen LogP contribution in [-0.4, -0.2) is 73.2 Å². The molecule has 11 nitrogen and oxygen atoms in total. The average Bonchev–Trinajstić information content (AvgIpc) is 3.59. The number of anilines is 3. The van der Waals surface area contributed by atoms with Gasteiger partial charge in [0.2, 0.25) is 5.95 Å². The van der Waals surface area contributed by atoms with E-state index < -0.39 is 0 Å². The van der Waals surface area contributed by atoms with Gasteiger partial charge in [-0.05, 0) is 31.0 Å². The van der Waals surface area contributed by atoms with E-state index in [1.807, 2.05) is 11.0 Å². The smallest absolute Gasteiger partial charge is 0.253 e. The number of piperazine rings is 1. The van der Waals surface area contributed by atoms with Crippen molar-refractivity contribution in [3.63, 3.8) is 0 Å². The van der Waals surface area contributed by atoms with Gasteiger partial charge < -0.3 is 15.1 Å². The third kappa shape index (κ3) is 4.66. The number of benzene rings is 1. The van der Waals surface area contributed by atoms with Crippen molar-refractivity contribution in [1.82, 2.24) is 34.8 Å². The number of carbonyl (C=O) groups excluding carboxylic acids is 2. The Bertz CT molecular complexity index is 1660. The van der Waals surface area contributed by atoms with Gasteiger partial charge in [-0.25, -0.2) is 4.68 Å². The zero-order valence-electron chi connectivity index (χ0n) is 21.1. The van der Waals surface area contributed by atoms with Gasteiger partial charge in [-0.3, -0.25) is 14.7 Å². The molecular formula is C28H25N9O2. The van der Waals surface area contributed by atoms with E-state index in [4.69, 9.17) is 22.8 Å². The number of aromatic nitrogens is 6. The minimum atomic E-state index is -0.155. The second-order valence-electron chi connectivity index (χ2n) is 9.57. The molecule has 2 fully saturated rings. The molecule has 6 rings (SSSR count). The minimum absolute atomic E-state index is 0.155. The lowest BCUT2D eigenvalue weighted by Gasteiger charge is -2.35. The van der Waals surface area contributed by atoms with Crippen LogP contribution in [0.1, 0.15) is 50.7 Å². The molecule has 0 radical (unpaired) electrons. The summed E-state index contributed by atoms with van der Waals surface area (Å²) in [6.45, 7) is 2.25. The fourth-order valence-electron chi connectivity index (χ4n) is 4.72. The van der Waals surface area contributed by atoms with Crippen molar-refractivity contribution in [2.45, 2.75) is 25.3 Å². The lowest BCUT2D eigenvalue weighted by molar-refractivity contribution is 0.0746. The van der Waals surface area contributed by atoms with Crippen molar-refractivity contribution in [3.05, 3.63) is 52.8 Å². The summed E-state index contributed by atoms with van der Waals surface area (Å²) < 4.78 is 1.66. The highest BCUT2D eigenvalue weighted by Crippen LogP contribution is 2.40. The van der Waals surface area contributed by atoms with E-state index >= 15 is 0 Å². The molecular weight excluding hydrogens is 494 g/mol. The van der Waals surface area contributed by atoms with Crippen LogP contribution in [0.3, 0.4) is 0 Å². The molecule has 2 aliphatic rings. The maximum Gasteiger partial charge on any atom is 0.253 e. The normalized spacial score (nSPS) is 15.1. The number of hydrogen-bond donors (Lipinski definition) is 2. The molecule has 3 aromatic heterocycles. The van der Waals surface area contributed by atoms with Crippen LogP contribution in [0.2, 0.25) is 0 Å². The Kier molecular flexibility index (Phi) is 6.17. The van der Waals surface area contributed by atoms with Crippen molar-refractivity contribution < 1.29 is 9.59 Å². The molecule has 0 unspecified atom stereocenters. The number of fused-ring (bicyclic) bond motifs is 1. The van der Waals surface area contributed by atoms with E-state index in [0.29, 0.717) is 78.3 Å². The Morgan fingerprint density at radius 2 is 1.97 bits per heavy atom. The number of carbonyl (C=O) groups is 2. The summed E-state index contributed by atoms with van der Waals surface area (Å²) in [6, 6.07) is 6.83. The van der Waals surface area contributed by atoms with Crippen LogP contribution in [0.15, 0.2) is 30.5 Å². The van der Waals surface area contributed by atoms with Crippen molar-refractivity contribution in [2.24, 2.45) is 0 Å². The van der Waals surface area contributed by atoms with Crippen LogP contribution in [0.25, 0.3) is 11.0 Å². The first kappa shape index (κ1) is 24.2. The predicted molar refractivity (Wildman–Crippen MR) is 146 cm³/mol. The SMILES string of the molecule is C#CCn1ncc2c(Nc3cc(C4CC4)[nH]n3)nc(N3CCN(C(=O)c4ccc(C#C)c(C=O)c4)CC3)nc21. The number of aldehydes is 1. The Balaban J connectivity index is 1.23. The van der Waals surface area contributed by atoms with Crippen LogP contribution >= 0.6 is 0 Å². The zero-order valence-corrected chi connectivity index (χ0v) is 21.1. The molecule has 4 heterocycles. The summed E-state index contributed by atoms with van der Waals surface area (Å²) >= 11 is 0. The summed E-state index contributed by atoms with van der Waals surface area (Å²) in [5.41, 5.74) is 2.95. The Labute approximate surface area is 224 Å². The van der Waals surface area contributed by atoms with Gasteiger partial charge in [0.15, 0.2) is 17.8 Å². The molecule has 194 valence electrons. The Hall–Kier alpha value is -5.16. The third-order valence-electron chi connectivity index (χ3n) is 7.02. The fraction of sp³-hybridized carbons (Fsp3) is 0.286. The largest absolute Gasteiger partial charge is 0.337 e. The molecule has 0 atom stereocenters. The number of nitrogens with zero attached hydrogens (tertiary/aromatic N) is 7. The average molecular weight is 520 g/mol. The van der Waals surface area contributed by atoms with Crippen molar-refractivity contribution >= 4 is 40.8 Å². The number of terminal acetylenes is 2. The number of aromatic amines is 1. The van der Waals surface area contributed by atoms with Crippen LogP contribution in [0.5, 0.6) is 0 Å². The molecule has 1 amide bonds. The maximum atomic E-state index is 13.1. The van der Waals surface area contributed by atoms with E-state index in [-0.39, 0.29) is 12.5 Å². The first-order chi connectivity index (χ1) is 19.1. The topological polar surface area (TPSA) is 125 Å². The molecule has 4 aromatic rings. The number of nitrogens with one attached hydrogen (secondary N) is 2. The second kappa shape index (κ2) is 9.95. The van der Waals surface area contributed by atoms with Crippen molar-refractivity contribution in [3.8, 4) is 24.7 Å². The van der Waals surface area contributed by atoms with Crippen LogP contribution in [0, 0.1) is 24.7 Å². The number of H-pyrrole nitrogens is 1. The standard InChI is InChI=1S/C28H25N9O2/c1-3-9-37-26-22(16-29-37)25(30-24-15-23(33-34-24)19-6-7-19)31-28(32-26)36-12-10-35(11-13-36)27(39)20-8-5-18(4-2)21(14-20)17-38/h1-2,5,8,14-17,19H,6-7,9-13H2,(H2,30,31,32,33,34). The molecule has 39 heavy (non-hydrogen) atoms. The number of amides is 1. The summed E-state index contributed by atoms with van der Waals surface area (Å²) in [7, 11) is 0. The molecule has 0 spiro atoms. The predicted octanol–water partition coefficient (Wildman–Crippen LogP) is 2.56. The van der Waals surface area contributed by atoms with E-state index in [0.717, 1.165) is 11.1 Å². The quantitative estimate of drug-likeness (QED) is 0.282. The molecule has 2 N–H and O–H groups in total. The second-order valence-corrected chi connectivity index (χ2v) is 9.57. The van der Waals surface area contributed by atoms with E-state index in [1.165, 1.54) is 12.8 Å². The molecule has 1 saturated carbocycles. The lowest BCUT2D eigenvalue weighted by atomic mass is 10.0. The van der Waals surface area contributed by atoms with Gasteiger partial charge >= 0.3 is 0 Å². The third-order valence-corrected chi connectivity index (χ3v) is 7.02. The van der Waals surface area contributed by atoms with Gasteiger partial charge in [-0.1, -0.05) is 11.8 Å². The van der Waals surface area contributed by atoms with Crippen molar-refractivity contribution in [1.29, 1.82) is 0 Å². The Morgan fingerprint density at radius 3 is 2.69 bits per heavy atom. The van der Waals surface area contributed by atoms with Crippen LogP contribution < -0.4 is 10.2 Å². The minimum Gasteiger partial charge on any atom is -0.337 e. The first-order valence-electron chi connectivity index (χ1n) is 12.7. The van der Waals surface area contributed by atoms with Gasteiger partial charge in [0.1, 0.15) is 12.4 Å². The van der Waals surface area contributed by atoms with E-state index in [2.05, 4.69) is 32.5 Å². The zero-order chi connectivity index (χ0) is 26.9. The summed E-state index contributed by atoms with van der Waals surface area (Å²) in [6.07, 6.45) is 15.7. The van der Waals surface area contributed by atoms with Crippen LogP contribution in [-0.2, 0) is 6.54 Å². The molecule has 1 aliphatic heterocycles. The van der Waals surface area contributed by atoms with Gasteiger partial charge in [0.05, 0.1) is 11.6 Å². The molecule has 11 heteroatoms. The lowest BCUT2D eigenvalue weighted by Crippen LogP contribution is -2.49. The number of hydrogen-bond acceptors (Lipinski definition) is 8. The van der Waals surface area contributed by atoms with Crippen LogP contribution in [0.4, 0.5) is 17.6 Å². The van der Waals surface area contributed by atoms with E-state index in [9.17, 15) is 9.59 Å². The highest BCUT2D eigenvalue weighted by Gasteiger charge is 2.27. The van der Waals surface area contributed by atoms with Gasteiger partial charge in [-0.2, -0.15) is 20.2 Å². The molecule has 1 saturated heterocycles. The maximum absolute atomic E-state index is 13.1. The van der Waals surface area contributed by atoms with E-state index in [1.54, 1.807) is 34.0 Å². The Morgan fingerprint density at radius 1 is 1.15 bits per heavy atom. The van der Waals surface area contributed by atoms with Crippen molar-refractivity contribution in [2.75, 3.05) is 36.4 Å². The number of rotatable bonds is 7. The van der Waals surface area contributed by atoms with Gasteiger partial charge in [-0.15, -0.1) is 12.8 Å². The summed E-state index contributed by atoms with van der Waals surface area (Å²) in [4.78, 5) is 37.9. The summed E-state index contributed by atoms with van der Waals surface area (Å²) in [5, 5.41) is 16.0. The summed E-state index contributed by atoms with van der Waals surface area (Å²) in [5.74, 6) is 7.24.